The molecule has 0 aliphatic rings. The molecule has 0 bridgehead atoms. The molecule has 5 N–H and O–H groups in total. The average molecular weight is 268 g/mol. The molecule has 6 heteroatoms. The van der Waals surface area contributed by atoms with Gasteiger partial charge in [0.15, 0.2) is 5.69 Å². The first-order valence-electron chi connectivity index (χ1n) is 6.47. The molecule has 108 valence electrons. The molecule has 0 aromatic carbocycles. The Hall–Kier alpha value is -1.56. The number of aromatic amines is 1. The van der Waals surface area contributed by atoms with Crippen LogP contribution in [0.5, 0.6) is 0 Å². The van der Waals surface area contributed by atoms with Crippen LogP contribution in [0.3, 0.4) is 0 Å². The predicted molar refractivity (Wildman–Crippen MR) is 74.8 cm³/mol. The van der Waals surface area contributed by atoms with E-state index in [9.17, 15) is 9.90 Å². The first kappa shape index (κ1) is 15.5. The second-order valence-electron chi connectivity index (χ2n) is 5.85. The largest absolute Gasteiger partial charge is 0.395 e. The number of nitrogens with zero attached hydrogens (tertiary/aromatic N) is 1. The molecule has 1 rings (SSSR count). The Morgan fingerprint density at radius 2 is 2.00 bits per heavy atom. The number of rotatable bonds is 5. The van der Waals surface area contributed by atoms with Gasteiger partial charge in [-0.05, 0) is 34.1 Å². The van der Waals surface area contributed by atoms with Crippen molar-refractivity contribution in [2.75, 3.05) is 5.73 Å². The zero-order chi connectivity index (χ0) is 14.8. The van der Waals surface area contributed by atoms with Gasteiger partial charge in [-0.3, -0.25) is 9.89 Å². The first-order valence-corrected chi connectivity index (χ1v) is 6.47. The Morgan fingerprint density at radius 3 is 2.47 bits per heavy atom. The van der Waals surface area contributed by atoms with Gasteiger partial charge in [-0.2, -0.15) is 5.10 Å². The third-order valence-corrected chi connectivity index (χ3v) is 3.55. The van der Waals surface area contributed by atoms with Crippen molar-refractivity contribution in [3.05, 3.63) is 11.4 Å². The smallest absolute Gasteiger partial charge is 0.274 e. The summed E-state index contributed by atoms with van der Waals surface area (Å²) in [5.74, 6) is -0.386. The average Bonchev–Trinajstić information content (AvgIpc) is 2.59. The standard InChI is InChI=1S/C13H24N4O2/c1-6-7-8-9(14)10(17-16-8)11(18)15-12(2,3)13(4,5)19/h19H,6-7,14H2,1-5H3,(H,15,18)(H,16,17). The van der Waals surface area contributed by atoms with Gasteiger partial charge in [0.2, 0.25) is 0 Å². The molecule has 0 radical (unpaired) electrons. The number of hydrogen-bond donors (Lipinski definition) is 4. The number of carbonyl (C=O) groups excluding carboxylic acids is 1. The molecule has 1 heterocycles. The van der Waals surface area contributed by atoms with Gasteiger partial charge in [-0.25, -0.2) is 0 Å². The Bertz CT molecular complexity index is 458. The van der Waals surface area contributed by atoms with Gasteiger partial charge < -0.3 is 16.2 Å². The monoisotopic (exact) mass is 268 g/mol. The molecule has 0 aliphatic carbocycles. The number of aryl methyl sites for hydroxylation is 1. The van der Waals surface area contributed by atoms with Crippen LogP contribution in [-0.4, -0.2) is 32.4 Å². The van der Waals surface area contributed by atoms with Gasteiger partial charge >= 0.3 is 0 Å². The summed E-state index contributed by atoms with van der Waals surface area (Å²) in [5.41, 5.74) is 5.39. The van der Waals surface area contributed by atoms with Gasteiger partial charge in [-0.15, -0.1) is 0 Å². The van der Waals surface area contributed by atoms with Crippen LogP contribution in [0.4, 0.5) is 5.69 Å². The van der Waals surface area contributed by atoms with Crippen molar-refractivity contribution >= 4 is 11.6 Å². The highest BCUT2D eigenvalue weighted by molar-refractivity contribution is 5.98. The number of carbonyl (C=O) groups is 1. The molecule has 0 spiro atoms. The predicted octanol–water partition coefficient (Wildman–Crippen LogP) is 1.22. The summed E-state index contributed by atoms with van der Waals surface area (Å²) in [6.07, 6.45) is 1.67. The Kier molecular flexibility index (Phi) is 4.25. The fourth-order valence-electron chi connectivity index (χ4n) is 1.50. The minimum absolute atomic E-state index is 0.181. The zero-order valence-electron chi connectivity index (χ0n) is 12.3. The van der Waals surface area contributed by atoms with Crippen LogP contribution in [0.15, 0.2) is 0 Å². The number of nitrogen functional groups attached to an aromatic ring is 1. The Labute approximate surface area is 113 Å². The minimum Gasteiger partial charge on any atom is -0.395 e. The number of amides is 1. The quantitative estimate of drug-likeness (QED) is 0.644. The summed E-state index contributed by atoms with van der Waals surface area (Å²) >= 11 is 0. The van der Waals surface area contributed by atoms with Crippen molar-refractivity contribution in [1.82, 2.24) is 15.5 Å². The minimum atomic E-state index is -1.06. The maximum Gasteiger partial charge on any atom is 0.274 e. The second-order valence-corrected chi connectivity index (χ2v) is 5.85. The van der Waals surface area contributed by atoms with E-state index in [1.54, 1.807) is 27.7 Å². The maximum atomic E-state index is 12.2. The maximum absolute atomic E-state index is 12.2. The van der Waals surface area contributed by atoms with E-state index in [-0.39, 0.29) is 11.6 Å². The highest BCUT2D eigenvalue weighted by Crippen LogP contribution is 2.22. The van der Waals surface area contributed by atoms with Crippen molar-refractivity contribution in [3.8, 4) is 0 Å². The van der Waals surface area contributed by atoms with E-state index in [1.165, 1.54) is 0 Å². The van der Waals surface area contributed by atoms with E-state index in [4.69, 9.17) is 5.73 Å². The second kappa shape index (κ2) is 5.21. The topological polar surface area (TPSA) is 104 Å². The fourth-order valence-corrected chi connectivity index (χ4v) is 1.50. The molecule has 0 unspecified atom stereocenters. The number of nitrogens with two attached hydrogens (primary N) is 1. The molecule has 19 heavy (non-hydrogen) atoms. The molecule has 0 saturated carbocycles. The van der Waals surface area contributed by atoms with Crippen LogP contribution in [0.2, 0.25) is 0 Å². The van der Waals surface area contributed by atoms with E-state index in [0.717, 1.165) is 18.5 Å². The first-order chi connectivity index (χ1) is 8.60. The molecule has 6 nitrogen and oxygen atoms in total. The molecule has 0 aliphatic heterocycles. The van der Waals surface area contributed by atoms with E-state index in [0.29, 0.717) is 5.69 Å². The van der Waals surface area contributed by atoms with Crippen molar-refractivity contribution < 1.29 is 9.90 Å². The summed E-state index contributed by atoms with van der Waals surface area (Å²) in [6, 6.07) is 0. The lowest BCUT2D eigenvalue weighted by atomic mass is 9.86. The van der Waals surface area contributed by atoms with Crippen molar-refractivity contribution in [3.63, 3.8) is 0 Å². The molecular formula is C13H24N4O2. The molecule has 0 saturated heterocycles. The molecular weight excluding hydrogens is 244 g/mol. The highest BCUT2D eigenvalue weighted by Gasteiger charge is 2.37. The molecule has 0 atom stereocenters. The van der Waals surface area contributed by atoms with Crippen LogP contribution in [0.25, 0.3) is 0 Å². The lowest BCUT2D eigenvalue weighted by Crippen LogP contribution is -2.57. The summed E-state index contributed by atoms with van der Waals surface area (Å²) in [7, 11) is 0. The number of hydrogen-bond acceptors (Lipinski definition) is 4. The number of aromatic nitrogens is 2. The van der Waals surface area contributed by atoms with Crippen molar-refractivity contribution in [2.24, 2.45) is 0 Å². The van der Waals surface area contributed by atoms with Gasteiger partial charge in [0.1, 0.15) is 0 Å². The number of H-pyrrole nitrogens is 1. The van der Waals surface area contributed by atoms with E-state index in [2.05, 4.69) is 15.5 Å². The summed E-state index contributed by atoms with van der Waals surface area (Å²) < 4.78 is 0. The van der Waals surface area contributed by atoms with E-state index in [1.807, 2.05) is 6.92 Å². The van der Waals surface area contributed by atoms with Crippen LogP contribution in [0.1, 0.15) is 57.2 Å². The SMILES string of the molecule is CCCc1[nH]nc(C(=O)NC(C)(C)C(C)(C)O)c1N. The Balaban J connectivity index is 2.91. The van der Waals surface area contributed by atoms with Gasteiger partial charge in [0, 0.05) is 0 Å². The summed E-state index contributed by atoms with van der Waals surface area (Å²) in [4.78, 5) is 12.2. The van der Waals surface area contributed by atoms with Crippen molar-refractivity contribution in [2.45, 2.75) is 58.6 Å². The van der Waals surface area contributed by atoms with Crippen LogP contribution >= 0.6 is 0 Å². The van der Waals surface area contributed by atoms with Gasteiger partial charge in [-0.1, -0.05) is 13.3 Å². The molecule has 1 aromatic heterocycles. The lowest BCUT2D eigenvalue weighted by Gasteiger charge is -2.37. The van der Waals surface area contributed by atoms with Crippen molar-refractivity contribution in [1.29, 1.82) is 0 Å². The molecule has 1 aromatic rings. The summed E-state index contributed by atoms with van der Waals surface area (Å²) in [5, 5.41) is 19.5. The fraction of sp³-hybridized carbons (Fsp3) is 0.692. The Morgan fingerprint density at radius 1 is 1.42 bits per heavy atom. The van der Waals surface area contributed by atoms with Gasteiger partial charge in [0.25, 0.3) is 5.91 Å². The van der Waals surface area contributed by atoms with Crippen LogP contribution in [-0.2, 0) is 6.42 Å². The molecule has 0 fully saturated rings. The number of anilines is 1. The molecule has 1 amide bonds. The lowest BCUT2D eigenvalue weighted by molar-refractivity contribution is -0.00300. The third-order valence-electron chi connectivity index (χ3n) is 3.55. The summed E-state index contributed by atoms with van der Waals surface area (Å²) in [6.45, 7) is 8.81. The zero-order valence-corrected chi connectivity index (χ0v) is 12.3. The normalized spacial score (nSPS) is 12.5. The van der Waals surface area contributed by atoms with Crippen LogP contribution in [0, 0.1) is 0 Å². The highest BCUT2D eigenvalue weighted by atomic mass is 16.3. The third kappa shape index (κ3) is 3.26. The van der Waals surface area contributed by atoms with Gasteiger partial charge in [0.05, 0.1) is 22.5 Å². The van der Waals surface area contributed by atoms with Crippen LogP contribution < -0.4 is 11.1 Å². The van der Waals surface area contributed by atoms with E-state index < -0.39 is 11.1 Å². The number of nitrogens with one attached hydrogen (secondary N) is 2. The number of aliphatic hydroxyl groups is 1. The van der Waals surface area contributed by atoms with E-state index >= 15 is 0 Å².